The number of carbonyl (C=O) groups is 2. The summed E-state index contributed by atoms with van der Waals surface area (Å²) in [6.07, 6.45) is 0.175. The zero-order chi connectivity index (χ0) is 13.8. The molecule has 19 heavy (non-hydrogen) atoms. The summed E-state index contributed by atoms with van der Waals surface area (Å²) in [5, 5.41) is 1.00. The van der Waals surface area contributed by atoms with Crippen LogP contribution in [0.1, 0.15) is 11.3 Å². The van der Waals surface area contributed by atoms with Gasteiger partial charge in [-0.25, -0.2) is 5.48 Å². The molecule has 0 unspecified atom stereocenters. The number of aryl methyl sites for hydroxylation is 1. The smallest absolute Gasteiger partial charge is 0.248 e. The van der Waals surface area contributed by atoms with Crippen LogP contribution in [0.5, 0.6) is 0 Å². The van der Waals surface area contributed by atoms with Gasteiger partial charge in [0.15, 0.2) is 6.61 Å². The molecule has 100 valence electrons. The highest BCUT2D eigenvalue weighted by Crippen LogP contribution is 2.22. The summed E-state index contributed by atoms with van der Waals surface area (Å²) in [6.45, 7) is 1.57. The van der Waals surface area contributed by atoms with E-state index in [-0.39, 0.29) is 18.9 Å². The van der Waals surface area contributed by atoms with Gasteiger partial charge in [0.2, 0.25) is 11.8 Å². The van der Waals surface area contributed by atoms with Crippen LogP contribution < -0.4 is 11.2 Å². The average molecular weight is 261 g/mol. The highest BCUT2D eigenvalue weighted by Gasteiger charge is 2.12. The van der Waals surface area contributed by atoms with E-state index in [1.54, 1.807) is 0 Å². The third-order valence-corrected chi connectivity index (χ3v) is 2.76. The predicted molar refractivity (Wildman–Crippen MR) is 70.0 cm³/mol. The second-order valence-corrected chi connectivity index (χ2v) is 4.23. The molecule has 0 bridgehead atoms. The average Bonchev–Trinajstić information content (AvgIpc) is 2.66. The third kappa shape index (κ3) is 3.11. The Bertz CT molecular complexity index is 619. The minimum absolute atomic E-state index is 0.175. The van der Waals surface area contributed by atoms with E-state index >= 15 is 0 Å². The fraction of sp³-hybridized carbons (Fsp3) is 0.231. The number of fused-ring (bicyclic) bond motifs is 1. The molecule has 6 heteroatoms. The van der Waals surface area contributed by atoms with Crippen LogP contribution in [0.4, 0.5) is 0 Å². The molecule has 4 N–H and O–H groups in total. The molecule has 2 aromatic rings. The maximum atomic E-state index is 11.7. The van der Waals surface area contributed by atoms with Crippen LogP contribution in [-0.2, 0) is 20.8 Å². The van der Waals surface area contributed by atoms with Gasteiger partial charge in [0.05, 0.1) is 6.42 Å². The van der Waals surface area contributed by atoms with Crippen molar-refractivity contribution >= 4 is 22.7 Å². The topological polar surface area (TPSA) is 97.2 Å². The van der Waals surface area contributed by atoms with Crippen LogP contribution >= 0.6 is 0 Å². The van der Waals surface area contributed by atoms with Crippen LogP contribution in [-0.4, -0.2) is 23.4 Å². The van der Waals surface area contributed by atoms with Crippen molar-refractivity contribution < 1.29 is 14.4 Å². The lowest BCUT2D eigenvalue weighted by atomic mass is 10.1. The van der Waals surface area contributed by atoms with Crippen LogP contribution in [0.2, 0.25) is 0 Å². The van der Waals surface area contributed by atoms with E-state index in [0.29, 0.717) is 0 Å². The minimum Gasteiger partial charge on any atom is -0.368 e. The van der Waals surface area contributed by atoms with Crippen molar-refractivity contribution in [3.63, 3.8) is 0 Å². The number of H-pyrrole nitrogens is 1. The summed E-state index contributed by atoms with van der Waals surface area (Å²) in [7, 11) is 0. The summed E-state index contributed by atoms with van der Waals surface area (Å²) < 4.78 is 0. The highest BCUT2D eigenvalue weighted by atomic mass is 16.7. The van der Waals surface area contributed by atoms with Gasteiger partial charge in [-0.1, -0.05) is 18.2 Å². The first-order valence-corrected chi connectivity index (χ1v) is 5.83. The molecule has 2 amide bonds. The fourth-order valence-corrected chi connectivity index (χ4v) is 1.95. The monoisotopic (exact) mass is 261 g/mol. The first-order valence-electron chi connectivity index (χ1n) is 5.83. The van der Waals surface area contributed by atoms with Gasteiger partial charge >= 0.3 is 0 Å². The minimum atomic E-state index is -0.636. The number of aromatic nitrogens is 1. The van der Waals surface area contributed by atoms with E-state index in [1.807, 2.05) is 31.2 Å². The first kappa shape index (κ1) is 13.1. The van der Waals surface area contributed by atoms with E-state index in [2.05, 4.69) is 15.3 Å². The van der Waals surface area contributed by atoms with Gasteiger partial charge in [-0.2, -0.15) is 0 Å². The summed E-state index contributed by atoms with van der Waals surface area (Å²) in [5.74, 6) is -0.960. The summed E-state index contributed by atoms with van der Waals surface area (Å²) in [4.78, 5) is 30.0. The molecule has 0 atom stereocenters. The quantitative estimate of drug-likeness (QED) is 0.686. The zero-order valence-electron chi connectivity index (χ0n) is 10.5. The van der Waals surface area contributed by atoms with Crippen molar-refractivity contribution in [3.05, 3.63) is 35.5 Å². The molecule has 0 radical (unpaired) electrons. The lowest BCUT2D eigenvalue weighted by Gasteiger charge is -2.04. The fourth-order valence-electron chi connectivity index (χ4n) is 1.95. The lowest BCUT2D eigenvalue weighted by molar-refractivity contribution is -0.137. The van der Waals surface area contributed by atoms with E-state index in [0.717, 1.165) is 22.2 Å². The number of amides is 2. The third-order valence-electron chi connectivity index (χ3n) is 2.76. The summed E-state index contributed by atoms with van der Waals surface area (Å²) in [5.41, 5.74) is 9.92. The van der Waals surface area contributed by atoms with Gasteiger partial charge in [-0.15, -0.1) is 0 Å². The Morgan fingerprint density at radius 3 is 2.84 bits per heavy atom. The van der Waals surface area contributed by atoms with Crippen LogP contribution in [0, 0.1) is 6.92 Å². The molecular formula is C13H15N3O3. The lowest BCUT2D eigenvalue weighted by Crippen LogP contribution is -2.30. The Morgan fingerprint density at radius 2 is 2.11 bits per heavy atom. The van der Waals surface area contributed by atoms with Gasteiger partial charge in [0.1, 0.15) is 0 Å². The summed E-state index contributed by atoms with van der Waals surface area (Å²) >= 11 is 0. The number of nitrogens with one attached hydrogen (secondary N) is 2. The van der Waals surface area contributed by atoms with Gasteiger partial charge in [-0.05, 0) is 18.6 Å². The number of hydrogen-bond donors (Lipinski definition) is 3. The van der Waals surface area contributed by atoms with Crippen molar-refractivity contribution in [1.29, 1.82) is 0 Å². The van der Waals surface area contributed by atoms with E-state index < -0.39 is 5.91 Å². The van der Waals surface area contributed by atoms with Gasteiger partial charge in [0, 0.05) is 16.6 Å². The molecule has 0 aliphatic heterocycles. The molecule has 6 nitrogen and oxygen atoms in total. The second kappa shape index (κ2) is 5.53. The maximum absolute atomic E-state index is 11.7. The number of primary amides is 1. The molecule has 0 saturated heterocycles. The Morgan fingerprint density at radius 1 is 1.37 bits per heavy atom. The Hall–Kier alpha value is -2.34. The number of hydrogen-bond acceptors (Lipinski definition) is 3. The standard InChI is InChI=1S/C13H15N3O3/c1-8-10(6-13(18)16-19-7-12(14)17)9-4-2-3-5-11(9)15-8/h2-5,15H,6-7H2,1H3,(H2,14,17)(H,16,18). The van der Waals surface area contributed by atoms with Crippen molar-refractivity contribution in [1.82, 2.24) is 10.5 Å². The Kier molecular flexibility index (Phi) is 3.82. The second-order valence-electron chi connectivity index (χ2n) is 4.23. The van der Waals surface area contributed by atoms with Crippen molar-refractivity contribution in [2.75, 3.05) is 6.61 Å². The number of benzene rings is 1. The number of para-hydroxylation sites is 1. The summed E-state index contributed by atoms with van der Waals surface area (Å²) in [6, 6.07) is 7.75. The van der Waals surface area contributed by atoms with Gasteiger partial charge in [-0.3, -0.25) is 14.4 Å². The molecule has 0 saturated carbocycles. The first-order chi connectivity index (χ1) is 9.08. The molecule has 1 heterocycles. The molecule has 0 spiro atoms. The maximum Gasteiger partial charge on any atom is 0.248 e. The highest BCUT2D eigenvalue weighted by molar-refractivity contribution is 5.89. The van der Waals surface area contributed by atoms with E-state index in [4.69, 9.17) is 5.73 Å². The van der Waals surface area contributed by atoms with Crippen molar-refractivity contribution in [3.8, 4) is 0 Å². The molecule has 0 aliphatic carbocycles. The number of hydroxylamine groups is 1. The zero-order valence-corrected chi connectivity index (χ0v) is 10.5. The SMILES string of the molecule is Cc1[nH]c2ccccc2c1CC(=O)NOCC(N)=O. The van der Waals surface area contributed by atoms with Crippen LogP contribution in [0.15, 0.2) is 24.3 Å². The number of aromatic amines is 1. The number of rotatable bonds is 5. The van der Waals surface area contributed by atoms with Crippen LogP contribution in [0.3, 0.4) is 0 Å². The molecular weight excluding hydrogens is 246 g/mol. The largest absolute Gasteiger partial charge is 0.368 e. The Labute approximate surface area is 109 Å². The van der Waals surface area contributed by atoms with Gasteiger partial charge < -0.3 is 10.7 Å². The van der Waals surface area contributed by atoms with Crippen molar-refractivity contribution in [2.45, 2.75) is 13.3 Å². The van der Waals surface area contributed by atoms with E-state index in [9.17, 15) is 9.59 Å². The molecule has 1 aromatic heterocycles. The number of carbonyl (C=O) groups excluding carboxylic acids is 2. The molecule has 0 fully saturated rings. The molecule has 1 aromatic carbocycles. The Balaban J connectivity index is 2.06. The van der Waals surface area contributed by atoms with Gasteiger partial charge in [0.25, 0.3) is 0 Å². The predicted octanol–water partition coefficient (Wildman–Crippen LogP) is 0.552. The molecule has 2 rings (SSSR count). The number of nitrogens with two attached hydrogens (primary N) is 1. The normalized spacial score (nSPS) is 10.6. The van der Waals surface area contributed by atoms with E-state index in [1.165, 1.54) is 0 Å². The van der Waals surface area contributed by atoms with Crippen molar-refractivity contribution in [2.24, 2.45) is 5.73 Å². The van der Waals surface area contributed by atoms with Crippen LogP contribution in [0.25, 0.3) is 10.9 Å². The molecule has 0 aliphatic rings.